The first-order valence-electron chi connectivity index (χ1n) is 9.65. The third-order valence-electron chi connectivity index (χ3n) is 4.77. The molecule has 5 rings (SSSR count). The van der Waals surface area contributed by atoms with Crippen molar-refractivity contribution in [2.45, 2.75) is 0 Å². The molecule has 6 nitrogen and oxygen atoms in total. The van der Waals surface area contributed by atoms with Crippen LogP contribution in [0.25, 0.3) is 27.5 Å². The van der Waals surface area contributed by atoms with Crippen molar-refractivity contribution in [3.63, 3.8) is 0 Å². The first kappa shape index (κ1) is 21.2. The second kappa shape index (κ2) is 8.68. The molecule has 0 saturated carbocycles. The van der Waals surface area contributed by atoms with Crippen LogP contribution in [0.1, 0.15) is 10.6 Å². The van der Waals surface area contributed by atoms with E-state index in [1.165, 1.54) is 27.9 Å². The van der Waals surface area contributed by atoms with Gasteiger partial charge in [0.2, 0.25) is 5.88 Å². The van der Waals surface area contributed by atoms with Crippen molar-refractivity contribution in [2.24, 2.45) is 0 Å². The molecule has 0 saturated heterocycles. The van der Waals surface area contributed by atoms with Crippen LogP contribution < -0.4 is 10.3 Å². The number of thiazole rings is 1. The SMILES string of the molecule is N#CC(=Cc1c(Oc2ccc(Cl)cc2Cl)nc2ccccn2c1=O)c1nc2ccccc2s1. The summed E-state index contributed by atoms with van der Waals surface area (Å²) in [5.74, 6) is 0.297. The number of nitriles is 1. The summed E-state index contributed by atoms with van der Waals surface area (Å²) in [4.78, 5) is 22.4. The minimum Gasteiger partial charge on any atom is -0.437 e. The van der Waals surface area contributed by atoms with Gasteiger partial charge in [-0.3, -0.25) is 9.20 Å². The van der Waals surface area contributed by atoms with Crippen molar-refractivity contribution in [2.75, 3.05) is 0 Å². The third kappa shape index (κ3) is 4.08. The minimum absolute atomic E-state index is 0.0179. The number of para-hydroxylation sites is 1. The van der Waals surface area contributed by atoms with Gasteiger partial charge in [-0.05, 0) is 48.5 Å². The van der Waals surface area contributed by atoms with E-state index in [-0.39, 0.29) is 27.8 Å². The Morgan fingerprint density at radius 3 is 2.70 bits per heavy atom. The van der Waals surface area contributed by atoms with E-state index in [9.17, 15) is 10.1 Å². The van der Waals surface area contributed by atoms with Crippen molar-refractivity contribution < 1.29 is 4.74 Å². The van der Waals surface area contributed by atoms with Gasteiger partial charge < -0.3 is 4.74 Å². The molecule has 0 aliphatic carbocycles. The number of halogens is 2. The predicted molar refractivity (Wildman–Crippen MR) is 131 cm³/mol. The van der Waals surface area contributed by atoms with E-state index in [1.54, 1.807) is 36.5 Å². The first-order valence-corrected chi connectivity index (χ1v) is 11.2. The maximum Gasteiger partial charge on any atom is 0.269 e. The van der Waals surface area contributed by atoms with E-state index < -0.39 is 5.56 Å². The van der Waals surface area contributed by atoms with Crippen LogP contribution in [0.15, 0.2) is 71.7 Å². The van der Waals surface area contributed by atoms with E-state index in [0.717, 1.165) is 10.2 Å². The molecule has 3 aromatic heterocycles. The monoisotopic (exact) mass is 490 g/mol. The zero-order chi connectivity index (χ0) is 22.9. The van der Waals surface area contributed by atoms with Crippen LogP contribution in [0.2, 0.25) is 10.0 Å². The minimum atomic E-state index is -0.394. The Hall–Kier alpha value is -3.70. The molecule has 0 amide bonds. The number of pyridine rings is 1. The van der Waals surface area contributed by atoms with Crippen LogP contribution in [0.4, 0.5) is 0 Å². The molecule has 3 heterocycles. The van der Waals surface area contributed by atoms with Crippen molar-refractivity contribution in [1.29, 1.82) is 5.26 Å². The second-order valence-electron chi connectivity index (χ2n) is 6.90. The van der Waals surface area contributed by atoms with E-state index in [2.05, 4.69) is 16.0 Å². The maximum absolute atomic E-state index is 13.4. The van der Waals surface area contributed by atoms with Gasteiger partial charge >= 0.3 is 0 Å². The summed E-state index contributed by atoms with van der Waals surface area (Å²) in [6, 6.07) is 19.6. The summed E-state index contributed by atoms with van der Waals surface area (Å²) >= 11 is 13.6. The average molecular weight is 491 g/mol. The van der Waals surface area contributed by atoms with Gasteiger partial charge in [0.15, 0.2) is 0 Å². The highest BCUT2D eigenvalue weighted by Crippen LogP contribution is 2.33. The maximum atomic E-state index is 13.4. The summed E-state index contributed by atoms with van der Waals surface area (Å²) in [7, 11) is 0. The van der Waals surface area contributed by atoms with Gasteiger partial charge in [-0.25, -0.2) is 4.98 Å². The van der Waals surface area contributed by atoms with Gasteiger partial charge in [-0.15, -0.1) is 11.3 Å². The van der Waals surface area contributed by atoms with Gasteiger partial charge in [0.25, 0.3) is 5.56 Å². The average Bonchev–Trinajstić information content (AvgIpc) is 3.25. The Kier molecular flexibility index (Phi) is 5.56. The predicted octanol–water partition coefficient (Wildman–Crippen LogP) is 6.47. The summed E-state index contributed by atoms with van der Waals surface area (Å²) < 4.78 is 8.26. The fraction of sp³-hybridized carbons (Fsp3) is 0. The molecule has 0 N–H and O–H groups in total. The van der Waals surface area contributed by atoms with E-state index in [4.69, 9.17) is 27.9 Å². The highest BCUT2D eigenvalue weighted by molar-refractivity contribution is 7.19. The molecular weight excluding hydrogens is 479 g/mol. The van der Waals surface area contributed by atoms with Crippen LogP contribution in [0.5, 0.6) is 11.6 Å². The number of ether oxygens (including phenoxy) is 1. The third-order valence-corrected chi connectivity index (χ3v) is 6.37. The van der Waals surface area contributed by atoms with E-state index >= 15 is 0 Å². The zero-order valence-electron chi connectivity index (χ0n) is 16.7. The first-order chi connectivity index (χ1) is 16.0. The van der Waals surface area contributed by atoms with Crippen LogP contribution in [0, 0.1) is 11.3 Å². The number of aromatic nitrogens is 3. The Bertz CT molecular complexity index is 1630. The molecule has 0 aliphatic heterocycles. The summed E-state index contributed by atoms with van der Waals surface area (Å²) in [5, 5.41) is 11.1. The topological polar surface area (TPSA) is 80.3 Å². The van der Waals surface area contributed by atoms with Crippen molar-refractivity contribution in [3.8, 4) is 17.7 Å². The largest absolute Gasteiger partial charge is 0.437 e. The lowest BCUT2D eigenvalue weighted by atomic mass is 10.2. The molecule has 33 heavy (non-hydrogen) atoms. The molecule has 0 spiro atoms. The molecule has 160 valence electrons. The Balaban J connectivity index is 1.71. The Labute approximate surface area is 201 Å². The van der Waals surface area contributed by atoms with Crippen LogP contribution in [-0.4, -0.2) is 14.4 Å². The number of nitrogens with zero attached hydrogens (tertiary/aromatic N) is 4. The van der Waals surface area contributed by atoms with Gasteiger partial charge in [0, 0.05) is 11.2 Å². The fourth-order valence-corrected chi connectivity index (χ4v) is 4.60. The quantitative estimate of drug-likeness (QED) is 0.269. The lowest BCUT2D eigenvalue weighted by molar-refractivity contribution is 0.461. The molecule has 0 radical (unpaired) electrons. The highest BCUT2D eigenvalue weighted by Gasteiger charge is 2.17. The number of allylic oxidation sites excluding steroid dienone is 1. The Morgan fingerprint density at radius 2 is 1.91 bits per heavy atom. The number of hydrogen-bond acceptors (Lipinski definition) is 6. The second-order valence-corrected chi connectivity index (χ2v) is 8.77. The zero-order valence-corrected chi connectivity index (χ0v) is 19.0. The molecule has 5 aromatic rings. The van der Waals surface area contributed by atoms with Crippen LogP contribution in [-0.2, 0) is 0 Å². The molecule has 0 bridgehead atoms. The van der Waals surface area contributed by atoms with Gasteiger partial charge in [0.05, 0.1) is 20.8 Å². The van der Waals surface area contributed by atoms with Crippen LogP contribution in [0.3, 0.4) is 0 Å². The molecule has 2 aromatic carbocycles. The summed E-state index contributed by atoms with van der Waals surface area (Å²) in [6.45, 7) is 0. The summed E-state index contributed by atoms with van der Waals surface area (Å²) in [5.41, 5.74) is 1.09. The lowest BCUT2D eigenvalue weighted by Gasteiger charge is -2.11. The normalized spacial score (nSPS) is 11.6. The van der Waals surface area contributed by atoms with Crippen molar-refractivity contribution >= 4 is 62.1 Å². The molecule has 0 atom stereocenters. The highest BCUT2D eigenvalue weighted by atomic mass is 35.5. The summed E-state index contributed by atoms with van der Waals surface area (Å²) in [6.07, 6.45) is 3.05. The van der Waals surface area contributed by atoms with E-state index in [0.29, 0.717) is 15.7 Å². The molecule has 0 aliphatic rings. The smallest absolute Gasteiger partial charge is 0.269 e. The van der Waals surface area contributed by atoms with Crippen molar-refractivity contribution in [3.05, 3.63) is 97.8 Å². The standard InChI is InChI=1S/C24H12Cl2N4O2S/c25-15-8-9-19(17(26)12-15)32-22-16(24(31)30-10-4-3-7-21(30)29-22)11-14(13-27)23-28-18-5-1-2-6-20(18)33-23/h1-12H. The number of hydrogen-bond donors (Lipinski definition) is 0. The number of rotatable bonds is 4. The molecule has 9 heteroatoms. The number of benzene rings is 2. The Morgan fingerprint density at radius 1 is 1.09 bits per heavy atom. The van der Waals surface area contributed by atoms with Crippen LogP contribution >= 0.6 is 34.5 Å². The van der Waals surface area contributed by atoms with E-state index in [1.807, 2.05) is 24.3 Å². The lowest BCUT2D eigenvalue weighted by Crippen LogP contribution is -2.18. The van der Waals surface area contributed by atoms with Gasteiger partial charge in [-0.1, -0.05) is 41.4 Å². The van der Waals surface area contributed by atoms with Gasteiger partial charge in [0.1, 0.15) is 28.0 Å². The van der Waals surface area contributed by atoms with Crippen molar-refractivity contribution in [1.82, 2.24) is 14.4 Å². The molecular formula is C24H12Cl2N4O2S. The van der Waals surface area contributed by atoms with Gasteiger partial charge in [-0.2, -0.15) is 10.2 Å². The molecule has 0 unspecified atom stereocenters. The fourth-order valence-electron chi connectivity index (χ4n) is 3.22. The molecule has 0 fully saturated rings. The number of fused-ring (bicyclic) bond motifs is 2.